The van der Waals surface area contributed by atoms with Gasteiger partial charge in [-0.2, -0.15) is 0 Å². The van der Waals surface area contributed by atoms with Gasteiger partial charge in [-0.25, -0.2) is 4.79 Å². The smallest absolute Gasteiger partial charge is 0.335 e. The predicted molar refractivity (Wildman–Crippen MR) is 78.1 cm³/mol. The molecular weight excluding hydrogens is 254 g/mol. The summed E-state index contributed by atoms with van der Waals surface area (Å²) in [5, 5.41) is 9.01. The number of nitrogens with zero attached hydrogens (tertiary/aromatic N) is 1. The SMILES string of the molecule is COCCCN1CCC(Cc2cccc(C(=O)O)c2)C1. The summed E-state index contributed by atoms with van der Waals surface area (Å²) in [6, 6.07) is 7.32. The fourth-order valence-corrected chi connectivity index (χ4v) is 2.88. The first kappa shape index (κ1) is 15.0. The van der Waals surface area contributed by atoms with Crippen molar-refractivity contribution in [1.82, 2.24) is 4.90 Å². The highest BCUT2D eigenvalue weighted by Crippen LogP contribution is 2.21. The third-order valence-corrected chi connectivity index (χ3v) is 3.89. The van der Waals surface area contributed by atoms with Gasteiger partial charge >= 0.3 is 5.97 Å². The van der Waals surface area contributed by atoms with Crippen LogP contribution < -0.4 is 0 Å². The molecule has 0 aromatic heterocycles. The van der Waals surface area contributed by atoms with Gasteiger partial charge in [0.05, 0.1) is 5.56 Å². The van der Waals surface area contributed by atoms with Gasteiger partial charge in [0.25, 0.3) is 0 Å². The van der Waals surface area contributed by atoms with Gasteiger partial charge in [0.1, 0.15) is 0 Å². The molecule has 1 heterocycles. The highest BCUT2D eigenvalue weighted by atomic mass is 16.5. The van der Waals surface area contributed by atoms with Crippen LogP contribution in [0.1, 0.15) is 28.8 Å². The molecule has 1 N–H and O–H groups in total. The van der Waals surface area contributed by atoms with Gasteiger partial charge in [-0.05, 0) is 49.4 Å². The van der Waals surface area contributed by atoms with Crippen LogP contribution in [0.4, 0.5) is 0 Å². The lowest BCUT2D eigenvalue weighted by Crippen LogP contribution is -2.23. The first-order chi connectivity index (χ1) is 9.69. The molecule has 0 saturated carbocycles. The number of rotatable bonds is 7. The van der Waals surface area contributed by atoms with E-state index in [1.54, 1.807) is 19.2 Å². The van der Waals surface area contributed by atoms with Crippen molar-refractivity contribution < 1.29 is 14.6 Å². The lowest BCUT2D eigenvalue weighted by atomic mass is 9.97. The summed E-state index contributed by atoms with van der Waals surface area (Å²) in [7, 11) is 1.74. The molecular formula is C16H23NO3. The molecule has 0 radical (unpaired) electrons. The van der Waals surface area contributed by atoms with E-state index in [0.717, 1.165) is 44.6 Å². The third-order valence-electron chi connectivity index (χ3n) is 3.89. The normalized spacial score (nSPS) is 19.4. The highest BCUT2D eigenvalue weighted by Gasteiger charge is 2.22. The summed E-state index contributed by atoms with van der Waals surface area (Å²) >= 11 is 0. The van der Waals surface area contributed by atoms with Crippen molar-refractivity contribution in [3.05, 3.63) is 35.4 Å². The second kappa shape index (κ2) is 7.41. The fourth-order valence-electron chi connectivity index (χ4n) is 2.88. The van der Waals surface area contributed by atoms with Crippen LogP contribution in [0.25, 0.3) is 0 Å². The first-order valence-electron chi connectivity index (χ1n) is 7.22. The number of carboxylic acid groups (broad SMARTS) is 1. The second-order valence-corrected chi connectivity index (χ2v) is 5.51. The molecule has 1 aliphatic heterocycles. The van der Waals surface area contributed by atoms with Crippen LogP contribution in [0.2, 0.25) is 0 Å². The quantitative estimate of drug-likeness (QED) is 0.777. The van der Waals surface area contributed by atoms with Crippen LogP contribution in [-0.2, 0) is 11.2 Å². The molecule has 4 heteroatoms. The van der Waals surface area contributed by atoms with Crippen molar-refractivity contribution in [3.8, 4) is 0 Å². The molecule has 1 aromatic carbocycles. The topological polar surface area (TPSA) is 49.8 Å². The van der Waals surface area contributed by atoms with Crippen LogP contribution in [-0.4, -0.2) is 49.3 Å². The highest BCUT2D eigenvalue weighted by molar-refractivity contribution is 5.87. The molecule has 1 unspecified atom stereocenters. The standard InChI is InChI=1S/C16H23NO3/c1-20-9-3-7-17-8-6-14(12-17)10-13-4-2-5-15(11-13)16(18)19/h2,4-5,11,14H,3,6-10,12H2,1H3,(H,18,19). The van der Waals surface area contributed by atoms with Gasteiger partial charge < -0.3 is 14.7 Å². The largest absolute Gasteiger partial charge is 0.478 e. The number of ether oxygens (including phenoxy) is 1. The Bertz CT molecular complexity index is 447. The van der Waals surface area contributed by atoms with Crippen molar-refractivity contribution in [2.45, 2.75) is 19.3 Å². The van der Waals surface area contributed by atoms with E-state index in [0.29, 0.717) is 11.5 Å². The zero-order chi connectivity index (χ0) is 14.4. The van der Waals surface area contributed by atoms with Gasteiger partial charge in [0.2, 0.25) is 0 Å². The minimum absolute atomic E-state index is 0.387. The van der Waals surface area contributed by atoms with E-state index in [4.69, 9.17) is 9.84 Å². The van der Waals surface area contributed by atoms with Crippen LogP contribution in [0, 0.1) is 5.92 Å². The van der Waals surface area contributed by atoms with Gasteiger partial charge in [-0.15, -0.1) is 0 Å². The van der Waals surface area contributed by atoms with Crippen LogP contribution in [0.3, 0.4) is 0 Å². The van der Waals surface area contributed by atoms with E-state index >= 15 is 0 Å². The van der Waals surface area contributed by atoms with E-state index in [2.05, 4.69) is 4.90 Å². The zero-order valence-electron chi connectivity index (χ0n) is 12.0. The molecule has 2 rings (SSSR count). The average Bonchev–Trinajstić information content (AvgIpc) is 2.87. The minimum Gasteiger partial charge on any atom is -0.478 e. The zero-order valence-corrected chi connectivity index (χ0v) is 12.0. The van der Waals surface area contributed by atoms with E-state index in [1.807, 2.05) is 12.1 Å². The molecule has 1 atom stereocenters. The van der Waals surface area contributed by atoms with Crippen molar-refractivity contribution in [1.29, 1.82) is 0 Å². The molecule has 0 bridgehead atoms. The molecule has 0 aliphatic carbocycles. The van der Waals surface area contributed by atoms with Crippen molar-refractivity contribution >= 4 is 5.97 Å². The maximum atomic E-state index is 11.0. The molecule has 1 aromatic rings. The summed E-state index contributed by atoms with van der Waals surface area (Å²) in [5.41, 5.74) is 1.52. The summed E-state index contributed by atoms with van der Waals surface area (Å²) < 4.78 is 5.08. The molecule has 4 nitrogen and oxygen atoms in total. The van der Waals surface area contributed by atoms with E-state index in [-0.39, 0.29) is 0 Å². The van der Waals surface area contributed by atoms with Gasteiger partial charge in [0, 0.05) is 26.8 Å². The Labute approximate surface area is 120 Å². The summed E-state index contributed by atoms with van der Waals surface area (Å²) in [5.74, 6) is -0.207. The van der Waals surface area contributed by atoms with Crippen molar-refractivity contribution in [3.63, 3.8) is 0 Å². The van der Waals surface area contributed by atoms with Crippen molar-refractivity contribution in [2.75, 3.05) is 33.4 Å². The maximum absolute atomic E-state index is 11.0. The number of carboxylic acids is 1. The summed E-state index contributed by atoms with van der Waals surface area (Å²) in [6.45, 7) is 4.18. The number of methoxy groups -OCH3 is 1. The Morgan fingerprint density at radius 2 is 2.35 bits per heavy atom. The molecule has 0 spiro atoms. The number of likely N-dealkylation sites (tertiary alicyclic amines) is 1. The molecule has 1 aliphatic rings. The Morgan fingerprint density at radius 1 is 1.50 bits per heavy atom. The Morgan fingerprint density at radius 3 is 3.10 bits per heavy atom. The third kappa shape index (κ3) is 4.32. The fraction of sp³-hybridized carbons (Fsp3) is 0.562. The number of hydrogen-bond donors (Lipinski definition) is 1. The Hall–Kier alpha value is -1.39. The Kier molecular flexibility index (Phi) is 5.56. The predicted octanol–water partition coefficient (Wildman–Crippen LogP) is 2.29. The molecule has 110 valence electrons. The number of aromatic carboxylic acids is 1. The monoisotopic (exact) mass is 277 g/mol. The molecule has 1 saturated heterocycles. The number of hydrogen-bond acceptors (Lipinski definition) is 3. The average molecular weight is 277 g/mol. The number of carbonyl (C=O) groups is 1. The van der Waals surface area contributed by atoms with Gasteiger partial charge in [0.15, 0.2) is 0 Å². The van der Waals surface area contributed by atoms with E-state index in [1.165, 1.54) is 6.42 Å². The summed E-state index contributed by atoms with van der Waals surface area (Å²) in [4.78, 5) is 13.4. The lowest BCUT2D eigenvalue weighted by molar-refractivity contribution is 0.0696. The first-order valence-corrected chi connectivity index (χ1v) is 7.22. The van der Waals surface area contributed by atoms with E-state index < -0.39 is 5.97 Å². The lowest BCUT2D eigenvalue weighted by Gasteiger charge is -2.15. The minimum atomic E-state index is -0.848. The van der Waals surface area contributed by atoms with Crippen molar-refractivity contribution in [2.24, 2.45) is 5.92 Å². The van der Waals surface area contributed by atoms with Gasteiger partial charge in [-0.3, -0.25) is 0 Å². The van der Waals surface area contributed by atoms with E-state index in [9.17, 15) is 4.79 Å². The molecule has 1 fully saturated rings. The van der Waals surface area contributed by atoms with Gasteiger partial charge in [-0.1, -0.05) is 12.1 Å². The Balaban J connectivity index is 1.82. The molecule has 0 amide bonds. The van der Waals surface area contributed by atoms with Crippen LogP contribution in [0.5, 0.6) is 0 Å². The maximum Gasteiger partial charge on any atom is 0.335 e. The molecule has 20 heavy (non-hydrogen) atoms. The number of benzene rings is 1. The van der Waals surface area contributed by atoms with Crippen LogP contribution in [0.15, 0.2) is 24.3 Å². The van der Waals surface area contributed by atoms with Crippen LogP contribution >= 0.6 is 0 Å². The second-order valence-electron chi connectivity index (χ2n) is 5.51. The summed E-state index contributed by atoms with van der Waals surface area (Å²) in [6.07, 6.45) is 3.25.